The largest absolute Gasteiger partial charge is 0.423 e. The summed E-state index contributed by atoms with van der Waals surface area (Å²) in [6.07, 6.45) is 4.34. The number of ether oxygens (including phenoxy) is 1. The number of imide groups is 1. The van der Waals surface area contributed by atoms with Crippen molar-refractivity contribution in [2.75, 3.05) is 6.54 Å². The molecule has 1 fully saturated rings. The summed E-state index contributed by atoms with van der Waals surface area (Å²) >= 11 is 6.24. The number of hydrogen-bond acceptors (Lipinski definition) is 8. The molecule has 1 aliphatic heterocycles. The molecule has 0 unspecified atom stereocenters. The van der Waals surface area contributed by atoms with Gasteiger partial charge in [0.1, 0.15) is 12.3 Å². The molecule has 0 radical (unpaired) electrons. The van der Waals surface area contributed by atoms with Gasteiger partial charge in [-0.05, 0) is 61.4 Å². The summed E-state index contributed by atoms with van der Waals surface area (Å²) in [7, 11) is 0. The third-order valence-electron chi connectivity index (χ3n) is 7.06. The van der Waals surface area contributed by atoms with Crippen molar-refractivity contribution in [1.82, 2.24) is 10.0 Å². The van der Waals surface area contributed by atoms with Gasteiger partial charge in [-0.3, -0.25) is 29.3 Å². The molecule has 2 aliphatic rings. The number of Topliss-reactive ketones (excluding diaryl/α,β-unsaturated/α-hetero) is 1. The van der Waals surface area contributed by atoms with E-state index in [0.717, 1.165) is 10.0 Å². The maximum Gasteiger partial charge on any atom is 0.343 e. The topological polar surface area (TPSA) is 144 Å². The van der Waals surface area contributed by atoms with Crippen molar-refractivity contribution in [3.63, 3.8) is 0 Å². The Bertz CT molecular complexity index is 1610. The van der Waals surface area contributed by atoms with Crippen molar-refractivity contribution in [3.8, 4) is 5.75 Å². The second-order valence-corrected chi connectivity index (χ2v) is 10.0. The Kier molecular flexibility index (Phi) is 7.94. The number of carbonyl (C=O) groups excluding carboxylic acids is 5. The number of carbonyl (C=O) groups is 5. The molecule has 0 N–H and O–H groups in total. The van der Waals surface area contributed by atoms with E-state index in [-0.39, 0.29) is 33.1 Å². The van der Waals surface area contributed by atoms with Crippen LogP contribution in [0.1, 0.15) is 43.9 Å². The first-order chi connectivity index (χ1) is 20.2. The van der Waals surface area contributed by atoms with E-state index in [0.29, 0.717) is 12.8 Å². The van der Waals surface area contributed by atoms with Crippen molar-refractivity contribution in [3.05, 3.63) is 117 Å². The van der Waals surface area contributed by atoms with Gasteiger partial charge < -0.3 is 4.74 Å². The van der Waals surface area contributed by atoms with E-state index < -0.39 is 52.8 Å². The summed E-state index contributed by atoms with van der Waals surface area (Å²) in [5.74, 6) is -4.39. The normalized spacial score (nSPS) is 17.5. The molecule has 1 aliphatic carbocycles. The van der Waals surface area contributed by atoms with Crippen molar-refractivity contribution in [2.24, 2.45) is 11.8 Å². The van der Waals surface area contributed by atoms with Crippen LogP contribution in [0.5, 0.6) is 5.75 Å². The quantitative estimate of drug-likeness (QED) is 0.0704. The molecule has 3 aromatic carbocycles. The van der Waals surface area contributed by atoms with E-state index in [1.807, 2.05) is 12.2 Å². The molecule has 0 spiro atoms. The van der Waals surface area contributed by atoms with Gasteiger partial charge in [0.05, 0.1) is 32.9 Å². The van der Waals surface area contributed by atoms with E-state index >= 15 is 0 Å². The van der Waals surface area contributed by atoms with Gasteiger partial charge in [-0.2, -0.15) is 5.01 Å². The van der Waals surface area contributed by atoms with Crippen molar-refractivity contribution < 1.29 is 33.6 Å². The van der Waals surface area contributed by atoms with E-state index in [1.165, 1.54) is 60.7 Å². The Morgan fingerprint density at radius 1 is 0.881 bits per heavy atom. The zero-order valence-electron chi connectivity index (χ0n) is 21.8. The Hall–Kier alpha value is -5.16. The zero-order chi connectivity index (χ0) is 30.0. The molecule has 2 atom stereocenters. The number of non-ortho nitro benzene ring substituents is 1. The highest BCUT2D eigenvalue weighted by molar-refractivity contribution is 6.34. The number of halogens is 1. The summed E-state index contributed by atoms with van der Waals surface area (Å²) < 4.78 is 5.29. The third kappa shape index (κ3) is 5.54. The van der Waals surface area contributed by atoms with Crippen molar-refractivity contribution in [2.45, 2.75) is 12.8 Å². The Morgan fingerprint density at radius 3 is 2.02 bits per heavy atom. The summed E-state index contributed by atoms with van der Waals surface area (Å²) in [5, 5.41) is 12.5. The molecule has 11 nitrogen and oxygen atoms in total. The molecule has 0 aromatic heterocycles. The highest BCUT2D eigenvalue weighted by atomic mass is 35.5. The van der Waals surface area contributed by atoms with Gasteiger partial charge >= 0.3 is 5.97 Å². The summed E-state index contributed by atoms with van der Waals surface area (Å²) in [5.41, 5.74) is 0.0590. The predicted octanol–water partition coefficient (Wildman–Crippen LogP) is 4.66. The average molecular weight is 588 g/mol. The van der Waals surface area contributed by atoms with Gasteiger partial charge in [-0.25, -0.2) is 9.80 Å². The highest BCUT2D eigenvalue weighted by Crippen LogP contribution is 2.36. The van der Waals surface area contributed by atoms with Crippen LogP contribution in [0.25, 0.3) is 0 Å². The van der Waals surface area contributed by atoms with Crippen LogP contribution in [0.4, 0.5) is 5.69 Å². The SMILES string of the molecule is O=C(CN(C(=O)c1ccccc1Cl)N1C(=O)[C@H]2CC=CC[C@H]2C1=O)c1ccc(OC(=O)c2ccc([N+](=O)[O-])cc2)cc1. The van der Waals surface area contributed by atoms with Gasteiger partial charge in [-0.15, -0.1) is 0 Å². The standard InChI is InChI=1S/C30H22ClN3O8/c31-25-8-4-3-7-24(25)27(36)32(33-28(37)22-5-1-2-6-23(22)29(33)38)17-26(35)18-11-15-21(16-12-18)42-30(39)19-9-13-20(14-10-19)34(40)41/h1-4,7-16,22-23H,5-6,17H2/t22-,23+. The minimum atomic E-state index is -0.782. The highest BCUT2D eigenvalue weighted by Gasteiger charge is 2.51. The monoisotopic (exact) mass is 587 g/mol. The number of allylic oxidation sites excluding steroid dienone is 2. The first kappa shape index (κ1) is 28.4. The lowest BCUT2D eigenvalue weighted by Crippen LogP contribution is -2.52. The predicted molar refractivity (Wildman–Crippen MR) is 149 cm³/mol. The zero-order valence-corrected chi connectivity index (χ0v) is 22.6. The lowest BCUT2D eigenvalue weighted by Gasteiger charge is -2.30. The van der Waals surface area contributed by atoms with Crippen molar-refractivity contribution >= 4 is 46.8 Å². The number of rotatable bonds is 8. The fraction of sp³-hybridized carbons (Fsp3) is 0.167. The smallest absolute Gasteiger partial charge is 0.343 e. The Morgan fingerprint density at radius 2 is 1.45 bits per heavy atom. The number of nitrogens with zero attached hydrogens (tertiary/aromatic N) is 3. The first-order valence-electron chi connectivity index (χ1n) is 12.8. The maximum atomic E-state index is 13.6. The fourth-order valence-electron chi connectivity index (χ4n) is 4.85. The molecule has 1 heterocycles. The number of amides is 3. The van der Waals surface area contributed by atoms with Crippen LogP contribution >= 0.6 is 11.6 Å². The van der Waals surface area contributed by atoms with Gasteiger partial charge in [0, 0.05) is 17.7 Å². The number of hydrogen-bond donors (Lipinski definition) is 0. The molecule has 1 saturated heterocycles. The number of ketones is 1. The average Bonchev–Trinajstić information content (AvgIpc) is 3.25. The van der Waals surface area contributed by atoms with E-state index in [4.69, 9.17) is 16.3 Å². The molecule has 0 bridgehead atoms. The Balaban J connectivity index is 1.35. The number of nitro groups is 1. The van der Waals surface area contributed by atoms with E-state index in [9.17, 15) is 34.1 Å². The minimum Gasteiger partial charge on any atom is -0.423 e. The molecular weight excluding hydrogens is 566 g/mol. The molecule has 5 rings (SSSR count). The maximum absolute atomic E-state index is 13.6. The summed E-state index contributed by atoms with van der Waals surface area (Å²) in [6, 6.07) is 16.5. The Labute approximate surface area is 244 Å². The molecule has 3 aromatic rings. The fourth-order valence-corrected chi connectivity index (χ4v) is 5.07. The van der Waals surface area contributed by atoms with E-state index in [1.54, 1.807) is 12.1 Å². The number of benzene rings is 3. The lowest BCUT2D eigenvalue weighted by molar-refractivity contribution is -0.384. The van der Waals surface area contributed by atoms with Crippen LogP contribution in [0.3, 0.4) is 0 Å². The summed E-state index contributed by atoms with van der Waals surface area (Å²) in [6.45, 7) is -0.629. The molecular formula is C30H22ClN3O8. The first-order valence-corrected chi connectivity index (χ1v) is 13.2. The van der Waals surface area contributed by atoms with Crippen LogP contribution < -0.4 is 4.74 Å². The van der Waals surface area contributed by atoms with Gasteiger partial charge in [0.25, 0.3) is 23.4 Å². The van der Waals surface area contributed by atoms with Crippen LogP contribution in [0, 0.1) is 22.0 Å². The van der Waals surface area contributed by atoms with E-state index in [2.05, 4.69) is 0 Å². The van der Waals surface area contributed by atoms with Gasteiger partial charge in [0.15, 0.2) is 5.78 Å². The van der Waals surface area contributed by atoms with Crippen LogP contribution in [0.15, 0.2) is 84.9 Å². The molecule has 42 heavy (non-hydrogen) atoms. The van der Waals surface area contributed by atoms with Crippen LogP contribution in [-0.4, -0.2) is 51.0 Å². The summed E-state index contributed by atoms with van der Waals surface area (Å²) in [4.78, 5) is 76.2. The molecule has 0 saturated carbocycles. The number of hydrazine groups is 1. The van der Waals surface area contributed by atoms with Gasteiger partial charge in [0.2, 0.25) is 0 Å². The second kappa shape index (κ2) is 11.8. The minimum absolute atomic E-state index is 0.0223. The van der Waals surface area contributed by atoms with Gasteiger partial charge in [-0.1, -0.05) is 35.9 Å². The number of fused-ring (bicyclic) bond motifs is 1. The number of nitro benzene ring substituents is 1. The number of esters is 1. The third-order valence-corrected chi connectivity index (χ3v) is 7.39. The van der Waals surface area contributed by atoms with Crippen LogP contribution in [-0.2, 0) is 9.59 Å². The lowest BCUT2D eigenvalue weighted by atomic mass is 9.85. The molecule has 212 valence electrons. The van der Waals surface area contributed by atoms with Crippen LogP contribution in [0.2, 0.25) is 5.02 Å². The molecule has 12 heteroatoms. The second-order valence-electron chi connectivity index (χ2n) is 9.63. The molecule has 3 amide bonds. The van der Waals surface area contributed by atoms with Crippen molar-refractivity contribution in [1.29, 1.82) is 0 Å².